The Morgan fingerprint density at radius 2 is 2.21 bits per heavy atom. The zero-order chi connectivity index (χ0) is 13.5. The molecular formula is C16H23NOS. The van der Waals surface area contributed by atoms with Crippen LogP contribution in [-0.4, -0.2) is 31.2 Å². The molecule has 0 unspecified atom stereocenters. The number of para-hydroxylation sites is 1. The van der Waals surface area contributed by atoms with Gasteiger partial charge in [0.15, 0.2) is 0 Å². The highest BCUT2D eigenvalue weighted by Gasteiger charge is 2.31. The van der Waals surface area contributed by atoms with Crippen LogP contribution in [0.4, 0.5) is 0 Å². The maximum absolute atomic E-state index is 5.43. The van der Waals surface area contributed by atoms with Gasteiger partial charge in [-0.3, -0.25) is 0 Å². The number of hydrogen-bond donors (Lipinski definition) is 1. The summed E-state index contributed by atoms with van der Waals surface area (Å²) in [6.45, 7) is 4.83. The average Bonchev–Trinajstić information content (AvgIpc) is 2.40. The fourth-order valence-electron chi connectivity index (χ4n) is 2.54. The highest BCUT2D eigenvalue weighted by molar-refractivity contribution is 7.99. The van der Waals surface area contributed by atoms with Gasteiger partial charge in [-0.15, -0.1) is 6.58 Å². The Balaban J connectivity index is 1.69. The topological polar surface area (TPSA) is 21.3 Å². The Kier molecular flexibility index (Phi) is 5.80. The van der Waals surface area contributed by atoms with E-state index in [1.165, 1.54) is 24.2 Å². The summed E-state index contributed by atoms with van der Waals surface area (Å²) >= 11 is 1.93. The third kappa shape index (κ3) is 4.02. The summed E-state index contributed by atoms with van der Waals surface area (Å²) in [5, 5.41) is 3.62. The minimum Gasteiger partial charge on any atom is -0.496 e. The van der Waals surface area contributed by atoms with Crippen LogP contribution in [0.3, 0.4) is 0 Å². The normalized spacial score (nSPS) is 21.7. The molecule has 3 heteroatoms. The number of hydrogen-bond acceptors (Lipinski definition) is 3. The largest absolute Gasteiger partial charge is 0.496 e. The van der Waals surface area contributed by atoms with E-state index in [4.69, 9.17) is 4.74 Å². The average molecular weight is 277 g/mol. The van der Waals surface area contributed by atoms with Crippen LogP contribution in [0, 0.1) is 0 Å². The standard InChI is InChI=1S/C16H23NOS/c1-3-9-19-10-8-17-14-11-13(12-14)15-6-4-5-7-16(15)18-2/h3-7,13-14,17H,1,8-12H2,2H3. The molecule has 0 atom stereocenters. The van der Waals surface area contributed by atoms with Crippen molar-refractivity contribution < 1.29 is 4.74 Å². The fourth-order valence-corrected chi connectivity index (χ4v) is 3.14. The van der Waals surface area contributed by atoms with Crippen LogP contribution < -0.4 is 10.1 Å². The van der Waals surface area contributed by atoms with Crippen LogP contribution in [0.15, 0.2) is 36.9 Å². The molecule has 1 aromatic rings. The first-order valence-electron chi connectivity index (χ1n) is 6.90. The van der Waals surface area contributed by atoms with Crippen molar-refractivity contribution >= 4 is 11.8 Å². The predicted molar refractivity (Wildman–Crippen MR) is 84.3 cm³/mol. The zero-order valence-corrected chi connectivity index (χ0v) is 12.4. The predicted octanol–water partition coefficient (Wildman–Crippen LogP) is 3.45. The lowest BCUT2D eigenvalue weighted by Crippen LogP contribution is -2.41. The van der Waals surface area contributed by atoms with Crippen LogP contribution in [0.1, 0.15) is 24.3 Å². The van der Waals surface area contributed by atoms with Gasteiger partial charge in [0.05, 0.1) is 7.11 Å². The fraction of sp³-hybridized carbons (Fsp3) is 0.500. The molecule has 2 nitrogen and oxygen atoms in total. The lowest BCUT2D eigenvalue weighted by atomic mass is 9.75. The number of ether oxygens (including phenoxy) is 1. The van der Waals surface area contributed by atoms with E-state index in [1.807, 2.05) is 23.9 Å². The van der Waals surface area contributed by atoms with Gasteiger partial charge in [-0.05, 0) is 30.4 Å². The van der Waals surface area contributed by atoms with E-state index in [1.54, 1.807) is 7.11 Å². The van der Waals surface area contributed by atoms with Crippen LogP contribution >= 0.6 is 11.8 Å². The molecule has 0 saturated heterocycles. The molecule has 1 aromatic carbocycles. The van der Waals surface area contributed by atoms with E-state index in [0.29, 0.717) is 12.0 Å². The van der Waals surface area contributed by atoms with Crippen molar-refractivity contribution in [2.75, 3.05) is 25.2 Å². The monoisotopic (exact) mass is 277 g/mol. The third-order valence-corrected chi connectivity index (χ3v) is 4.60. The van der Waals surface area contributed by atoms with Gasteiger partial charge in [-0.2, -0.15) is 11.8 Å². The summed E-state index contributed by atoms with van der Waals surface area (Å²) in [4.78, 5) is 0. The van der Waals surface area contributed by atoms with E-state index in [9.17, 15) is 0 Å². The van der Waals surface area contributed by atoms with Crippen molar-refractivity contribution in [2.45, 2.75) is 24.8 Å². The van der Waals surface area contributed by atoms with E-state index in [2.05, 4.69) is 30.1 Å². The quantitative estimate of drug-likeness (QED) is 0.581. The number of nitrogens with one attached hydrogen (secondary N) is 1. The van der Waals surface area contributed by atoms with Crippen LogP contribution in [-0.2, 0) is 0 Å². The number of thioether (sulfide) groups is 1. The molecule has 0 bridgehead atoms. The van der Waals surface area contributed by atoms with Crippen molar-refractivity contribution in [3.63, 3.8) is 0 Å². The summed E-state index contributed by atoms with van der Waals surface area (Å²) in [6, 6.07) is 9.07. The van der Waals surface area contributed by atoms with E-state index < -0.39 is 0 Å². The highest BCUT2D eigenvalue weighted by atomic mass is 32.2. The van der Waals surface area contributed by atoms with Gasteiger partial charge in [0.2, 0.25) is 0 Å². The van der Waals surface area contributed by atoms with Crippen molar-refractivity contribution in [1.82, 2.24) is 5.32 Å². The van der Waals surface area contributed by atoms with Gasteiger partial charge >= 0.3 is 0 Å². The molecule has 1 fully saturated rings. The van der Waals surface area contributed by atoms with Crippen molar-refractivity contribution in [3.8, 4) is 5.75 Å². The Hall–Kier alpha value is -0.930. The third-order valence-electron chi connectivity index (χ3n) is 3.63. The first kappa shape index (κ1) is 14.5. The van der Waals surface area contributed by atoms with Crippen molar-refractivity contribution in [1.29, 1.82) is 0 Å². The lowest BCUT2D eigenvalue weighted by Gasteiger charge is -2.37. The number of methoxy groups -OCH3 is 1. The highest BCUT2D eigenvalue weighted by Crippen LogP contribution is 2.40. The summed E-state index contributed by atoms with van der Waals surface area (Å²) < 4.78 is 5.43. The minimum absolute atomic E-state index is 0.662. The molecule has 1 N–H and O–H groups in total. The molecule has 0 aromatic heterocycles. The first-order chi connectivity index (χ1) is 9.35. The van der Waals surface area contributed by atoms with Crippen molar-refractivity contribution in [3.05, 3.63) is 42.5 Å². The molecule has 19 heavy (non-hydrogen) atoms. The molecule has 1 saturated carbocycles. The van der Waals surface area contributed by atoms with Gasteiger partial charge in [0, 0.05) is 24.1 Å². The molecule has 1 aliphatic rings. The molecule has 2 rings (SSSR count). The number of rotatable bonds is 8. The first-order valence-corrected chi connectivity index (χ1v) is 8.05. The lowest BCUT2D eigenvalue weighted by molar-refractivity contribution is 0.288. The van der Waals surface area contributed by atoms with Gasteiger partial charge in [-0.25, -0.2) is 0 Å². The molecule has 1 aliphatic carbocycles. The second-order valence-electron chi connectivity index (χ2n) is 4.92. The Morgan fingerprint density at radius 1 is 1.42 bits per heavy atom. The van der Waals surface area contributed by atoms with E-state index >= 15 is 0 Å². The van der Waals surface area contributed by atoms with Crippen LogP contribution in [0.5, 0.6) is 5.75 Å². The molecule has 0 amide bonds. The Labute approximate surface area is 120 Å². The maximum Gasteiger partial charge on any atom is 0.122 e. The van der Waals surface area contributed by atoms with Crippen molar-refractivity contribution in [2.24, 2.45) is 0 Å². The van der Waals surface area contributed by atoms with Gasteiger partial charge in [0.1, 0.15) is 5.75 Å². The molecule has 0 heterocycles. The second kappa shape index (κ2) is 7.61. The molecule has 0 radical (unpaired) electrons. The Bertz CT molecular complexity index is 401. The maximum atomic E-state index is 5.43. The minimum atomic E-state index is 0.662. The molecular weight excluding hydrogens is 254 g/mol. The van der Waals surface area contributed by atoms with Crippen LogP contribution in [0.2, 0.25) is 0 Å². The molecule has 104 valence electrons. The van der Waals surface area contributed by atoms with E-state index in [-0.39, 0.29) is 0 Å². The number of benzene rings is 1. The smallest absolute Gasteiger partial charge is 0.122 e. The van der Waals surface area contributed by atoms with Gasteiger partial charge in [-0.1, -0.05) is 24.3 Å². The SMILES string of the molecule is C=CCSCCNC1CC(c2ccccc2OC)C1. The summed E-state index contributed by atoms with van der Waals surface area (Å²) in [6.07, 6.45) is 4.42. The van der Waals surface area contributed by atoms with Crippen LogP contribution in [0.25, 0.3) is 0 Å². The summed E-state index contributed by atoms with van der Waals surface area (Å²) in [7, 11) is 1.75. The second-order valence-corrected chi connectivity index (χ2v) is 6.07. The molecule has 0 aliphatic heterocycles. The van der Waals surface area contributed by atoms with Gasteiger partial charge in [0.25, 0.3) is 0 Å². The zero-order valence-electron chi connectivity index (χ0n) is 11.6. The molecule has 0 spiro atoms. The van der Waals surface area contributed by atoms with E-state index in [0.717, 1.165) is 18.0 Å². The summed E-state index contributed by atoms with van der Waals surface area (Å²) in [5.41, 5.74) is 1.36. The Morgan fingerprint density at radius 3 is 2.95 bits per heavy atom. The summed E-state index contributed by atoms with van der Waals surface area (Å²) in [5.74, 6) is 3.92. The van der Waals surface area contributed by atoms with Gasteiger partial charge < -0.3 is 10.1 Å².